The maximum absolute atomic E-state index is 6.01. The van der Waals surface area contributed by atoms with E-state index in [2.05, 4.69) is 27.9 Å². The van der Waals surface area contributed by atoms with Crippen molar-refractivity contribution in [3.8, 4) is 0 Å². The highest BCUT2D eigenvalue weighted by molar-refractivity contribution is 7.10. The number of rotatable bonds is 3. The van der Waals surface area contributed by atoms with Gasteiger partial charge in [0.25, 0.3) is 0 Å². The molecule has 0 bridgehead atoms. The van der Waals surface area contributed by atoms with Crippen molar-refractivity contribution in [1.29, 1.82) is 0 Å². The Morgan fingerprint density at radius 1 is 1.32 bits per heavy atom. The third-order valence-electron chi connectivity index (χ3n) is 3.18. The summed E-state index contributed by atoms with van der Waals surface area (Å²) in [5, 5.41) is 2.81. The van der Waals surface area contributed by atoms with Crippen molar-refractivity contribution in [1.82, 2.24) is 9.55 Å². The molecule has 0 radical (unpaired) electrons. The number of alkyl halides is 1. The summed E-state index contributed by atoms with van der Waals surface area (Å²) in [6, 6.07) is 7.91. The van der Waals surface area contributed by atoms with Gasteiger partial charge in [0.1, 0.15) is 5.82 Å². The number of nitrogens with zero attached hydrogens (tertiary/aromatic N) is 2. The maximum Gasteiger partial charge on any atom is 0.125 e. The van der Waals surface area contributed by atoms with Gasteiger partial charge in [0.2, 0.25) is 0 Å². The number of hydrogen-bond donors (Lipinski definition) is 0. The van der Waals surface area contributed by atoms with Gasteiger partial charge in [0.15, 0.2) is 0 Å². The molecular weight excluding hydrogens is 299 g/mol. The van der Waals surface area contributed by atoms with Crippen LogP contribution in [0.3, 0.4) is 0 Å². The molecule has 2 nitrogen and oxygen atoms in total. The van der Waals surface area contributed by atoms with Gasteiger partial charge in [-0.25, -0.2) is 4.98 Å². The molecule has 0 spiro atoms. The largest absolute Gasteiger partial charge is 0.322 e. The first-order chi connectivity index (χ1) is 9.19. The quantitative estimate of drug-likeness (QED) is 0.632. The predicted molar refractivity (Wildman–Crippen MR) is 82.5 cm³/mol. The zero-order valence-electron chi connectivity index (χ0n) is 10.4. The van der Waals surface area contributed by atoms with E-state index in [1.165, 1.54) is 10.4 Å². The molecule has 98 valence electrons. The Kier molecular flexibility index (Phi) is 3.52. The number of aromatic nitrogens is 2. The number of thiophene rings is 1. The van der Waals surface area contributed by atoms with E-state index in [0.717, 1.165) is 23.4 Å². The van der Waals surface area contributed by atoms with Crippen molar-refractivity contribution in [2.24, 2.45) is 0 Å². The Labute approximate surface area is 125 Å². The minimum absolute atomic E-state index is 0.400. The molecule has 0 saturated heterocycles. The standard InChI is InChI=1S/C14H12Cl2N2S/c1-9-4-5-19-13(9)8-18-12-3-2-10(16)6-11(12)17-14(18)7-15/h2-6H,7-8H2,1H3. The zero-order chi connectivity index (χ0) is 13.4. The monoisotopic (exact) mass is 310 g/mol. The van der Waals surface area contributed by atoms with E-state index in [-0.39, 0.29) is 0 Å². The van der Waals surface area contributed by atoms with E-state index in [9.17, 15) is 0 Å². The van der Waals surface area contributed by atoms with Crippen LogP contribution in [0.1, 0.15) is 16.3 Å². The number of fused-ring (bicyclic) bond motifs is 1. The average molecular weight is 311 g/mol. The highest BCUT2D eigenvalue weighted by atomic mass is 35.5. The molecule has 0 unspecified atom stereocenters. The van der Waals surface area contributed by atoms with Gasteiger partial charge in [-0.15, -0.1) is 22.9 Å². The minimum atomic E-state index is 0.400. The fraction of sp³-hybridized carbons (Fsp3) is 0.214. The summed E-state index contributed by atoms with van der Waals surface area (Å²) in [7, 11) is 0. The molecule has 19 heavy (non-hydrogen) atoms. The normalized spacial score (nSPS) is 11.3. The fourth-order valence-electron chi connectivity index (χ4n) is 2.14. The Morgan fingerprint density at radius 3 is 2.84 bits per heavy atom. The van der Waals surface area contributed by atoms with E-state index in [1.807, 2.05) is 18.2 Å². The van der Waals surface area contributed by atoms with Gasteiger partial charge in [-0.3, -0.25) is 0 Å². The molecule has 5 heteroatoms. The van der Waals surface area contributed by atoms with Gasteiger partial charge in [-0.05, 0) is 42.1 Å². The first kappa shape index (κ1) is 13.0. The van der Waals surface area contributed by atoms with Crippen LogP contribution < -0.4 is 0 Å². The SMILES string of the molecule is Cc1ccsc1Cn1c(CCl)nc2cc(Cl)ccc21. The number of halogens is 2. The molecule has 0 saturated carbocycles. The van der Waals surface area contributed by atoms with Crippen LogP contribution in [-0.4, -0.2) is 9.55 Å². The second kappa shape index (κ2) is 5.16. The van der Waals surface area contributed by atoms with Crippen LogP contribution in [0, 0.1) is 6.92 Å². The molecule has 1 aromatic carbocycles. The molecule has 0 N–H and O–H groups in total. The summed E-state index contributed by atoms with van der Waals surface area (Å²) in [4.78, 5) is 5.89. The number of aryl methyl sites for hydroxylation is 1. The maximum atomic E-state index is 6.01. The molecule has 0 aliphatic heterocycles. The van der Waals surface area contributed by atoms with E-state index in [0.29, 0.717) is 10.9 Å². The molecule has 3 rings (SSSR count). The lowest BCUT2D eigenvalue weighted by atomic mass is 10.2. The van der Waals surface area contributed by atoms with Crippen LogP contribution in [0.5, 0.6) is 0 Å². The van der Waals surface area contributed by atoms with Crippen molar-refractivity contribution >= 4 is 45.6 Å². The molecular formula is C14H12Cl2N2S. The third kappa shape index (κ3) is 2.38. The summed E-state index contributed by atoms with van der Waals surface area (Å²) < 4.78 is 2.16. The Bertz CT molecular complexity index is 730. The molecule has 0 aliphatic carbocycles. The van der Waals surface area contributed by atoms with Gasteiger partial charge in [-0.2, -0.15) is 0 Å². The second-order valence-electron chi connectivity index (χ2n) is 4.41. The lowest BCUT2D eigenvalue weighted by molar-refractivity contribution is 0.786. The highest BCUT2D eigenvalue weighted by Gasteiger charge is 2.12. The predicted octanol–water partition coefficient (Wildman–Crippen LogP) is 4.85. The Morgan fingerprint density at radius 2 is 2.16 bits per heavy atom. The van der Waals surface area contributed by atoms with Crippen LogP contribution in [-0.2, 0) is 12.4 Å². The van der Waals surface area contributed by atoms with Crippen LogP contribution in [0.15, 0.2) is 29.6 Å². The lowest BCUT2D eigenvalue weighted by Crippen LogP contribution is -2.03. The highest BCUT2D eigenvalue weighted by Crippen LogP contribution is 2.25. The van der Waals surface area contributed by atoms with Crippen molar-refractivity contribution in [2.45, 2.75) is 19.3 Å². The van der Waals surface area contributed by atoms with Gasteiger partial charge >= 0.3 is 0 Å². The van der Waals surface area contributed by atoms with Crippen LogP contribution in [0.4, 0.5) is 0 Å². The second-order valence-corrected chi connectivity index (χ2v) is 6.11. The van der Waals surface area contributed by atoms with E-state index < -0.39 is 0 Å². The number of hydrogen-bond acceptors (Lipinski definition) is 2. The molecule has 0 fully saturated rings. The summed E-state index contributed by atoms with van der Waals surface area (Å²) in [6.45, 7) is 2.94. The molecule has 2 aromatic heterocycles. The van der Waals surface area contributed by atoms with Crippen LogP contribution in [0.25, 0.3) is 11.0 Å². The topological polar surface area (TPSA) is 17.8 Å². The van der Waals surface area contributed by atoms with Crippen molar-refractivity contribution in [2.75, 3.05) is 0 Å². The van der Waals surface area contributed by atoms with E-state index in [1.54, 1.807) is 11.3 Å². The van der Waals surface area contributed by atoms with Crippen molar-refractivity contribution in [3.05, 3.63) is 50.9 Å². The van der Waals surface area contributed by atoms with E-state index in [4.69, 9.17) is 23.2 Å². The van der Waals surface area contributed by atoms with Crippen LogP contribution >= 0.6 is 34.5 Å². The first-order valence-corrected chi connectivity index (χ1v) is 7.72. The number of imidazole rings is 1. The molecule has 2 heterocycles. The summed E-state index contributed by atoms with van der Waals surface area (Å²) in [6.07, 6.45) is 0. The number of benzene rings is 1. The third-order valence-corrected chi connectivity index (χ3v) is 4.66. The van der Waals surface area contributed by atoms with E-state index >= 15 is 0 Å². The Hall–Kier alpha value is -1.03. The van der Waals surface area contributed by atoms with Gasteiger partial charge < -0.3 is 4.57 Å². The molecule has 0 amide bonds. The lowest BCUT2D eigenvalue weighted by Gasteiger charge is -2.07. The van der Waals surface area contributed by atoms with Crippen molar-refractivity contribution in [3.63, 3.8) is 0 Å². The van der Waals surface area contributed by atoms with Gasteiger partial charge in [-0.1, -0.05) is 11.6 Å². The molecule has 0 aliphatic rings. The summed E-state index contributed by atoms with van der Waals surface area (Å²) in [5.74, 6) is 1.28. The molecule has 3 aromatic rings. The smallest absolute Gasteiger partial charge is 0.125 e. The average Bonchev–Trinajstić information content (AvgIpc) is 2.94. The first-order valence-electron chi connectivity index (χ1n) is 5.92. The van der Waals surface area contributed by atoms with Gasteiger partial charge in [0.05, 0.1) is 23.5 Å². The van der Waals surface area contributed by atoms with Crippen molar-refractivity contribution < 1.29 is 0 Å². The molecule has 0 atom stereocenters. The van der Waals surface area contributed by atoms with Gasteiger partial charge in [0, 0.05) is 9.90 Å². The fourth-order valence-corrected chi connectivity index (χ4v) is 3.41. The zero-order valence-corrected chi connectivity index (χ0v) is 12.7. The summed E-state index contributed by atoms with van der Waals surface area (Å²) in [5.41, 5.74) is 3.28. The minimum Gasteiger partial charge on any atom is -0.322 e. The Balaban J connectivity index is 2.13. The van der Waals surface area contributed by atoms with Crippen LogP contribution in [0.2, 0.25) is 5.02 Å². The summed E-state index contributed by atoms with van der Waals surface area (Å²) >= 11 is 13.8.